The Morgan fingerprint density at radius 1 is 1.04 bits per heavy atom. The molecule has 1 aliphatic heterocycles. The van der Waals surface area contributed by atoms with E-state index in [1.807, 2.05) is 38.1 Å². The Labute approximate surface area is 143 Å². The lowest BCUT2D eigenvalue weighted by molar-refractivity contribution is -0.114. The zero-order valence-electron chi connectivity index (χ0n) is 12.9. The fraction of sp³-hybridized carbons (Fsp3) is 0.222. The van der Waals surface area contributed by atoms with E-state index in [9.17, 15) is 9.59 Å². The molecule has 0 fully saturated rings. The van der Waals surface area contributed by atoms with Gasteiger partial charge in [-0.1, -0.05) is 22.0 Å². The lowest BCUT2D eigenvalue weighted by Crippen LogP contribution is -2.33. The molecule has 1 heterocycles. The zero-order valence-corrected chi connectivity index (χ0v) is 14.5. The molecule has 5 heteroatoms. The first-order chi connectivity index (χ1) is 11.0. The number of benzene rings is 2. The molecule has 2 aromatic carbocycles. The maximum Gasteiger partial charge on any atom is 0.299 e. The highest BCUT2D eigenvalue weighted by Gasteiger charge is 2.35. The molecular formula is C18H16BrNO3. The van der Waals surface area contributed by atoms with Crippen LogP contribution >= 0.6 is 15.9 Å². The summed E-state index contributed by atoms with van der Waals surface area (Å²) in [4.78, 5) is 25.6. The Morgan fingerprint density at radius 3 is 2.57 bits per heavy atom. The topological polar surface area (TPSA) is 46.6 Å². The van der Waals surface area contributed by atoms with Crippen molar-refractivity contribution in [3.05, 3.63) is 57.6 Å². The molecule has 0 saturated carbocycles. The summed E-state index contributed by atoms with van der Waals surface area (Å²) in [6.07, 6.45) is 0. The first-order valence-corrected chi connectivity index (χ1v) is 8.12. The molecule has 0 atom stereocenters. The second-order valence-corrected chi connectivity index (χ2v) is 6.46. The van der Waals surface area contributed by atoms with Crippen molar-refractivity contribution in [2.75, 3.05) is 18.1 Å². The number of hydrogen-bond donors (Lipinski definition) is 0. The molecule has 0 N–H and O–H groups in total. The Balaban J connectivity index is 1.70. The molecule has 0 radical (unpaired) electrons. The van der Waals surface area contributed by atoms with Crippen molar-refractivity contribution < 1.29 is 14.3 Å². The van der Waals surface area contributed by atoms with Crippen LogP contribution in [0, 0.1) is 13.8 Å². The number of ether oxygens (including phenoxy) is 1. The van der Waals surface area contributed by atoms with Crippen molar-refractivity contribution in [3.8, 4) is 5.75 Å². The van der Waals surface area contributed by atoms with Gasteiger partial charge in [-0.15, -0.1) is 0 Å². The average molecular weight is 374 g/mol. The SMILES string of the molecule is Cc1ccc(OCCN2C(=O)C(=O)c3cc(Br)ccc32)cc1C. The fourth-order valence-electron chi connectivity index (χ4n) is 2.55. The predicted molar refractivity (Wildman–Crippen MR) is 92.2 cm³/mol. The minimum atomic E-state index is -0.498. The van der Waals surface area contributed by atoms with Gasteiger partial charge in [-0.05, 0) is 55.3 Å². The molecule has 0 aliphatic carbocycles. The summed E-state index contributed by atoms with van der Waals surface area (Å²) in [5.41, 5.74) is 3.45. The van der Waals surface area contributed by atoms with Gasteiger partial charge in [0.05, 0.1) is 17.8 Å². The molecule has 1 aliphatic rings. The minimum Gasteiger partial charge on any atom is -0.492 e. The smallest absolute Gasteiger partial charge is 0.299 e. The van der Waals surface area contributed by atoms with Crippen LogP contribution in [0.25, 0.3) is 0 Å². The first-order valence-electron chi connectivity index (χ1n) is 7.33. The molecule has 23 heavy (non-hydrogen) atoms. The number of aryl methyl sites for hydroxylation is 2. The van der Waals surface area contributed by atoms with Gasteiger partial charge in [0.15, 0.2) is 0 Å². The van der Waals surface area contributed by atoms with Gasteiger partial charge in [0.2, 0.25) is 0 Å². The normalized spacial score (nSPS) is 13.4. The fourth-order valence-corrected chi connectivity index (χ4v) is 2.91. The van der Waals surface area contributed by atoms with E-state index in [1.165, 1.54) is 10.5 Å². The van der Waals surface area contributed by atoms with Crippen LogP contribution in [0.2, 0.25) is 0 Å². The summed E-state index contributed by atoms with van der Waals surface area (Å²) in [6, 6.07) is 11.2. The van der Waals surface area contributed by atoms with E-state index in [2.05, 4.69) is 15.9 Å². The van der Waals surface area contributed by atoms with E-state index >= 15 is 0 Å². The van der Waals surface area contributed by atoms with Gasteiger partial charge in [0, 0.05) is 4.47 Å². The zero-order chi connectivity index (χ0) is 16.6. The van der Waals surface area contributed by atoms with Crippen LogP contribution in [-0.2, 0) is 4.79 Å². The summed E-state index contributed by atoms with van der Waals surface area (Å²) < 4.78 is 6.49. The Hall–Kier alpha value is -2.14. The van der Waals surface area contributed by atoms with Crippen molar-refractivity contribution in [2.24, 2.45) is 0 Å². The number of fused-ring (bicyclic) bond motifs is 1. The van der Waals surface area contributed by atoms with E-state index in [0.29, 0.717) is 24.4 Å². The Morgan fingerprint density at radius 2 is 1.83 bits per heavy atom. The van der Waals surface area contributed by atoms with Crippen molar-refractivity contribution in [3.63, 3.8) is 0 Å². The van der Waals surface area contributed by atoms with Crippen LogP contribution in [0.15, 0.2) is 40.9 Å². The molecule has 2 aromatic rings. The molecule has 3 rings (SSSR count). The van der Waals surface area contributed by atoms with Crippen LogP contribution in [0.1, 0.15) is 21.5 Å². The highest BCUT2D eigenvalue weighted by molar-refractivity contribution is 9.10. The number of amides is 1. The maximum absolute atomic E-state index is 12.1. The number of hydrogen-bond acceptors (Lipinski definition) is 3. The van der Waals surface area contributed by atoms with Crippen LogP contribution in [-0.4, -0.2) is 24.8 Å². The van der Waals surface area contributed by atoms with Crippen LogP contribution in [0.3, 0.4) is 0 Å². The second-order valence-electron chi connectivity index (χ2n) is 5.54. The van der Waals surface area contributed by atoms with E-state index in [0.717, 1.165) is 15.8 Å². The maximum atomic E-state index is 12.1. The number of carbonyl (C=O) groups is 2. The number of anilines is 1. The van der Waals surface area contributed by atoms with E-state index in [1.54, 1.807) is 12.1 Å². The Kier molecular flexibility index (Phi) is 4.22. The number of ketones is 1. The average Bonchev–Trinajstić information content (AvgIpc) is 2.75. The number of Topliss-reactive ketones (excluding diaryl/α,β-unsaturated/α-hetero) is 1. The van der Waals surface area contributed by atoms with Crippen LogP contribution in [0.5, 0.6) is 5.75 Å². The van der Waals surface area contributed by atoms with Crippen molar-refractivity contribution in [1.29, 1.82) is 0 Å². The molecule has 0 spiro atoms. The van der Waals surface area contributed by atoms with Gasteiger partial charge in [-0.25, -0.2) is 0 Å². The molecule has 0 bridgehead atoms. The van der Waals surface area contributed by atoms with Crippen molar-refractivity contribution in [2.45, 2.75) is 13.8 Å². The number of rotatable bonds is 4. The van der Waals surface area contributed by atoms with Gasteiger partial charge >= 0.3 is 0 Å². The van der Waals surface area contributed by atoms with Gasteiger partial charge in [-0.3, -0.25) is 9.59 Å². The molecule has 4 nitrogen and oxygen atoms in total. The highest BCUT2D eigenvalue weighted by Crippen LogP contribution is 2.31. The quantitative estimate of drug-likeness (QED) is 0.768. The standard InChI is InChI=1S/C18H16BrNO3/c1-11-3-5-14(9-12(11)2)23-8-7-20-16-6-4-13(19)10-15(16)17(21)18(20)22/h3-6,9-10H,7-8H2,1-2H3. The highest BCUT2D eigenvalue weighted by atomic mass is 79.9. The lowest BCUT2D eigenvalue weighted by Gasteiger charge is -2.17. The third kappa shape index (κ3) is 3.01. The molecule has 0 saturated heterocycles. The lowest BCUT2D eigenvalue weighted by atomic mass is 10.1. The monoisotopic (exact) mass is 373 g/mol. The second kappa shape index (κ2) is 6.16. The number of nitrogens with zero attached hydrogens (tertiary/aromatic N) is 1. The van der Waals surface area contributed by atoms with Crippen LogP contribution in [0.4, 0.5) is 5.69 Å². The largest absolute Gasteiger partial charge is 0.492 e. The first kappa shape index (κ1) is 15.7. The summed E-state index contributed by atoms with van der Waals surface area (Å²) in [5.74, 6) is -0.198. The van der Waals surface area contributed by atoms with Crippen LogP contribution < -0.4 is 9.64 Å². The van der Waals surface area contributed by atoms with Gasteiger partial charge in [0.25, 0.3) is 11.7 Å². The summed E-state index contributed by atoms with van der Waals surface area (Å²) in [7, 11) is 0. The molecule has 118 valence electrons. The van der Waals surface area contributed by atoms with E-state index in [-0.39, 0.29) is 0 Å². The molecular weight excluding hydrogens is 358 g/mol. The molecule has 0 aromatic heterocycles. The molecule has 0 unspecified atom stereocenters. The third-order valence-corrected chi connectivity index (χ3v) is 4.49. The van der Waals surface area contributed by atoms with Crippen molar-refractivity contribution in [1.82, 2.24) is 0 Å². The summed E-state index contributed by atoms with van der Waals surface area (Å²) >= 11 is 3.32. The predicted octanol–water partition coefficient (Wildman–Crippen LogP) is 3.67. The van der Waals surface area contributed by atoms with Gasteiger partial charge in [0.1, 0.15) is 12.4 Å². The summed E-state index contributed by atoms with van der Waals surface area (Å²) in [6.45, 7) is 4.74. The minimum absolute atomic E-state index is 0.330. The summed E-state index contributed by atoms with van der Waals surface area (Å²) in [5, 5.41) is 0. The van der Waals surface area contributed by atoms with Crippen molar-refractivity contribution >= 4 is 33.3 Å². The molecule has 1 amide bonds. The van der Waals surface area contributed by atoms with Gasteiger partial charge < -0.3 is 9.64 Å². The number of carbonyl (C=O) groups excluding carboxylic acids is 2. The van der Waals surface area contributed by atoms with E-state index < -0.39 is 11.7 Å². The van der Waals surface area contributed by atoms with E-state index in [4.69, 9.17) is 4.74 Å². The third-order valence-electron chi connectivity index (χ3n) is 4.00. The number of halogens is 1. The van der Waals surface area contributed by atoms with Gasteiger partial charge in [-0.2, -0.15) is 0 Å². The Bertz CT molecular complexity index is 801.